The van der Waals surface area contributed by atoms with Crippen LogP contribution in [0.3, 0.4) is 0 Å². The van der Waals surface area contributed by atoms with Crippen LogP contribution in [-0.4, -0.2) is 5.75 Å². The van der Waals surface area contributed by atoms with Crippen LogP contribution in [0.25, 0.3) is 0 Å². The van der Waals surface area contributed by atoms with Crippen LogP contribution in [0.1, 0.15) is 6.92 Å². The zero-order valence-corrected chi connectivity index (χ0v) is 8.99. The molecule has 0 aliphatic rings. The molecule has 0 spiro atoms. The molecule has 0 aliphatic heterocycles. The van der Waals surface area contributed by atoms with Gasteiger partial charge in [0.1, 0.15) is 0 Å². The number of hydrogen-bond donors (Lipinski definition) is 1. The fraction of sp³-hybridized carbons (Fsp3) is 1.00. The van der Waals surface area contributed by atoms with E-state index in [9.17, 15) is 0 Å². The monoisotopic (exact) mass is 196 g/mol. The van der Waals surface area contributed by atoms with Crippen molar-refractivity contribution in [1.29, 1.82) is 0 Å². The van der Waals surface area contributed by atoms with Crippen LogP contribution in [-0.2, 0) is 15.1 Å². The van der Waals surface area contributed by atoms with Crippen molar-refractivity contribution in [2.45, 2.75) is 6.92 Å². The Kier molecular flexibility index (Phi) is 28.1. The molecule has 0 aromatic rings. The SMILES string of the molecule is CCS.[Cl][Zn][Cl]. The van der Waals surface area contributed by atoms with Crippen molar-refractivity contribution in [3.8, 4) is 0 Å². The van der Waals surface area contributed by atoms with Gasteiger partial charge in [0, 0.05) is 0 Å². The third-order valence-corrected chi connectivity index (χ3v) is 0. The van der Waals surface area contributed by atoms with E-state index in [0.717, 1.165) is 5.75 Å². The van der Waals surface area contributed by atoms with Gasteiger partial charge < -0.3 is 0 Å². The summed E-state index contributed by atoms with van der Waals surface area (Å²) in [5.41, 5.74) is 0. The standard InChI is InChI=1S/C2H6S.2ClH.Zn/c1-2-3;;;/h3H,2H2,1H3;2*1H;/q;;;+2/p-2. The molecule has 0 unspecified atom stereocenters. The van der Waals surface area contributed by atoms with E-state index in [4.69, 9.17) is 19.4 Å². The van der Waals surface area contributed by atoms with E-state index in [2.05, 4.69) is 12.6 Å². The molecule has 0 bridgehead atoms. The van der Waals surface area contributed by atoms with Gasteiger partial charge in [0.2, 0.25) is 0 Å². The number of thiol groups is 1. The summed E-state index contributed by atoms with van der Waals surface area (Å²) in [6.07, 6.45) is 0. The van der Waals surface area contributed by atoms with Crippen molar-refractivity contribution in [3.05, 3.63) is 0 Å². The second kappa shape index (κ2) is 16.0. The van der Waals surface area contributed by atoms with Crippen LogP contribution >= 0.6 is 32.0 Å². The van der Waals surface area contributed by atoms with Gasteiger partial charge >= 0.3 is 34.5 Å². The van der Waals surface area contributed by atoms with Gasteiger partial charge in [-0.3, -0.25) is 0 Å². The van der Waals surface area contributed by atoms with Crippen LogP contribution < -0.4 is 0 Å². The Hall–Kier alpha value is 1.55. The molecule has 4 heteroatoms. The van der Waals surface area contributed by atoms with E-state index in [1.54, 1.807) is 0 Å². The van der Waals surface area contributed by atoms with Gasteiger partial charge in [0.15, 0.2) is 0 Å². The van der Waals surface area contributed by atoms with E-state index in [-0.39, 0.29) is 0 Å². The minimum atomic E-state index is -0.931. The van der Waals surface area contributed by atoms with Crippen molar-refractivity contribution in [2.24, 2.45) is 0 Å². The zero-order chi connectivity index (χ0) is 5.41. The maximum atomic E-state index is 4.95. The summed E-state index contributed by atoms with van der Waals surface area (Å²) in [6.45, 7) is 1.99. The molecule has 0 nitrogen and oxygen atoms in total. The van der Waals surface area contributed by atoms with E-state index >= 15 is 0 Å². The molecular weight excluding hydrogens is 192 g/mol. The van der Waals surface area contributed by atoms with Crippen molar-refractivity contribution >= 4 is 32.0 Å². The van der Waals surface area contributed by atoms with Crippen LogP contribution in [0.15, 0.2) is 0 Å². The molecule has 0 N–H and O–H groups in total. The molecule has 0 rings (SSSR count). The van der Waals surface area contributed by atoms with Gasteiger partial charge in [0.05, 0.1) is 0 Å². The summed E-state index contributed by atoms with van der Waals surface area (Å²) < 4.78 is 0. The fourth-order valence-corrected chi connectivity index (χ4v) is 0. The molecule has 0 saturated heterocycles. The summed E-state index contributed by atoms with van der Waals surface area (Å²) >= 11 is 2.86. The van der Waals surface area contributed by atoms with Gasteiger partial charge in [-0.25, -0.2) is 0 Å². The molecule has 0 aromatic heterocycles. The van der Waals surface area contributed by atoms with Crippen LogP contribution in [0.5, 0.6) is 0 Å². The first-order chi connectivity index (χ1) is 2.83. The quantitative estimate of drug-likeness (QED) is 0.448. The third kappa shape index (κ3) is 47.7. The predicted octanol–water partition coefficient (Wildman–Crippen LogP) is 2.31. The Balaban J connectivity index is 0. The fourth-order valence-electron chi connectivity index (χ4n) is 0. The van der Waals surface area contributed by atoms with Gasteiger partial charge in [-0.05, 0) is 5.75 Å². The summed E-state index contributed by atoms with van der Waals surface area (Å²) in [5.74, 6) is 0.944. The summed E-state index contributed by atoms with van der Waals surface area (Å²) in [5, 5.41) is 0. The zero-order valence-electron chi connectivity index (χ0n) is 3.62. The van der Waals surface area contributed by atoms with Crippen LogP contribution in [0.2, 0.25) is 0 Å². The summed E-state index contributed by atoms with van der Waals surface area (Å²) in [6, 6.07) is 0. The van der Waals surface area contributed by atoms with E-state index < -0.39 is 15.1 Å². The van der Waals surface area contributed by atoms with E-state index in [1.807, 2.05) is 6.92 Å². The molecule has 0 saturated carbocycles. The Morgan fingerprint density at radius 2 is 1.67 bits per heavy atom. The van der Waals surface area contributed by atoms with Crippen LogP contribution in [0, 0.1) is 0 Å². The minimum absolute atomic E-state index is 0.931. The molecule has 0 aromatic carbocycles. The first kappa shape index (κ1) is 10.5. The Morgan fingerprint density at radius 3 is 1.67 bits per heavy atom. The molecule has 36 valence electrons. The first-order valence-electron chi connectivity index (χ1n) is 1.56. The third-order valence-electron chi connectivity index (χ3n) is 0. The molecular formula is C2H6Cl2SZn. The summed E-state index contributed by atoms with van der Waals surface area (Å²) in [4.78, 5) is 0. The van der Waals surface area contributed by atoms with E-state index in [0.29, 0.717) is 0 Å². The van der Waals surface area contributed by atoms with E-state index in [1.165, 1.54) is 0 Å². The van der Waals surface area contributed by atoms with Crippen molar-refractivity contribution in [1.82, 2.24) is 0 Å². The average Bonchev–Trinajstić information content (AvgIpc) is 1.39. The van der Waals surface area contributed by atoms with Gasteiger partial charge in [-0.15, -0.1) is 0 Å². The van der Waals surface area contributed by atoms with Gasteiger partial charge in [-0.2, -0.15) is 12.6 Å². The molecule has 6 heavy (non-hydrogen) atoms. The molecule has 0 aliphatic carbocycles. The molecule has 0 fully saturated rings. The Morgan fingerprint density at radius 1 is 1.67 bits per heavy atom. The second-order valence-corrected chi connectivity index (χ2v) is 5.67. The predicted molar refractivity (Wildman–Crippen MR) is 31.2 cm³/mol. The molecule has 0 atom stereocenters. The van der Waals surface area contributed by atoms with Crippen molar-refractivity contribution < 1.29 is 15.1 Å². The molecule has 0 heterocycles. The van der Waals surface area contributed by atoms with Crippen molar-refractivity contribution in [3.63, 3.8) is 0 Å². The Bertz CT molecular complexity index is 13.5. The second-order valence-electron chi connectivity index (χ2n) is 0.417. The van der Waals surface area contributed by atoms with Crippen molar-refractivity contribution in [2.75, 3.05) is 5.75 Å². The number of rotatable bonds is 0. The average molecular weight is 198 g/mol. The van der Waals surface area contributed by atoms with Gasteiger partial charge in [0.25, 0.3) is 0 Å². The van der Waals surface area contributed by atoms with Crippen LogP contribution in [0.4, 0.5) is 0 Å². The maximum absolute atomic E-state index is 4.95. The molecule has 0 radical (unpaired) electrons. The van der Waals surface area contributed by atoms with Gasteiger partial charge in [-0.1, -0.05) is 6.92 Å². The normalized spacial score (nSPS) is 4.67. The topological polar surface area (TPSA) is 0 Å². The number of halogens is 2. The Labute approximate surface area is 59.7 Å². The first-order valence-corrected chi connectivity index (χ1v) is 9.99. The number of hydrogen-bond acceptors (Lipinski definition) is 1. The molecule has 0 amide bonds. The summed E-state index contributed by atoms with van der Waals surface area (Å²) in [7, 11) is 9.90.